The molecule has 6 nitrogen and oxygen atoms in total. The summed E-state index contributed by atoms with van der Waals surface area (Å²) in [6.07, 6.45) is 1.20. The van der Waals surface area contributed by atoms with Crippen LogP contribution >= 0.6 is 0 Å². The molecule has 1 aromatic heterocycles. The Hall–Kier alpha value is -1.92. The van der Waals surface area contributed by atoms with E-state index in [0.29, 0.717) is 24.6 Å². The zero-order valence-electron chi connectivity index (χ0n) is 11.6. The minimum Gasteiger partial charge on any atom is -0.508 e. The van der Waals surface area contributed by atoms with Gasteiger partial charge in [0.1, 0.15) is 5.75 Å². The molecule has 2 atom stereocenters. The van der Waals surface area contributed by atoms with Crippen LogP contribution in [0.15, 0.2) is 28.8 Å². The van der Waals surface area contributed by atoms with Gasteiger partial charge in [-0.1, -0.05) is 17.3 Å². The number of aromatic hydroxyl groups is 1. The second-order valence-corrected chi connectivity index (χ2v) is 4.78. The Balaban J connectivity index is 1.98. The minimum absolute atomic E-state index is 0.0359. The average Bonchev–Trinajstić information content (AvgIpc) is 2.89. The molecule has 2 rings (SSSR count). The number of nitrogens with zero attached hydrogens (tertiary/aromatic N) is 2. The highest BCUT2D eigenvalue weighted by molar-refractivity contribution is 5.26. The number of benzene rings is 1. The average molecular weight is 277 g/mol. The first kappa shape index (κ1) is 14.5. The monoisotopic (exact) mass is 277 g/mol. The molecule has 2 unspecified atom stereocenters. The summed E-state index contributed by atoms with van der Waals surface area (Å²) in [7, 11) is 1.64. The van der Waals surface area contributed by atoms with Gasteiger partial charge >= 0.3 is 0 Å². The standard InChI is InChI=1S/C14H19N3O3/c1-9(19-2)7-13-16-14(20-17-13)12(15)8-10-3-5-11(18)6-4-10/h3-6,9,12,18H,7-8,15H2,1-2H3. The van der Waals surface area contributed by atoms with Gasteiger partial charge in [-0.25, -0.2) is 0 Å². The summed E-state index contributed by atoms with van der Waals surface area (Å²) >= 11 is 0. The molecule has 0 spiro atoms. The van der Waals surface area contributed by atoms with Crippen molar-refractivity contribution in [3.05, 3.63) is 41.5 Å². The van der Waals surface area contributed by atoms with Crippen LogP contribution < -0.4 is 5.73 Å². The fraction of sp³-hybridized carbons (Fsp3) is 0.429. The number of aromatic nitrogens is 2. The van der Waals surface area contributed by atoms with Crippen molar-refractivity contribution < 1.29 is 14.4 Å². The smallest absolute Gasteiger partial charge is 0.243 e. The Morgan fingerprint density at radius 2 is 2.00 bits per heavy atom. The topological polar surface area (TPSA) is 94.4 Å². The van der Waals surface area contributed by atoms with Crippen molar-refractivity contribution in [2.75, 3.05) is 7.11 Å². The lowest BCUT2D eigenvalue weighted by atomic mass is 10.1. The van der Waals surface area contributed by atoms with E-state index in [1.165, 1.54) is 0 Å². The minimum atomic E-state index is -0.362. The van der Waals surface area contributed by atoms with E-state index in [9.17, 15) is 5.11 Å². The van der Waals surface area contributed by atoms with E-state index in [1.54, 1.807) is 19.2 Å². The van der Waals surface area contributed by atoms with Gasteiger partial charge in [-0.05, 0) is 31.0 Å². The van der Waals surface area contributed by atoms with Gasteiger partial charge in [0.25, 0.3) is 0 Å². The first-order valence-electron chi connectivity index (χ1n) is 6.47. The Kier molecular flexibility index (Phi) is 4.70. The summed E-state index contributed by atoms with van der Waals surface area (Å²) in [6.45, 7) is 1.94. The molecule has 0 aliphatic heterocycles. The quantitative estimate of drug-likeness (QED) is 0.832. The molecule has 0 bridgehead atoms. The van der Waals surface area contributed by atoms with Crippen molar-refractivity contribution in [1.82, 2.24) is 10.1 Å². The van der Waals surface area contributed by atoms with Crippen LogP contribution in [0.3, 0.4) is 0 Å². The van der Waals surface area contributed by atoms with E-state index >= 15 is 0 Å². The van der Waals surface area contributed by atoms with Gasteiger partial charge in [-0.2, -0.15) is 4.98 Å². The maximum Gasteiger partial charge on any atom is 0.243 e. The zero-order chi connectivity index (χ0) is 14.5. The van der Waals surface area contributed by atoms with Gasteiger partial charge in [0.15, 0.2) is 5.82 Å². The molecule has 0 aliphatic carbocycles. The van der Waals surface area contributed by atoms with Crippen LogP contribution in [0.25, 0.3) is 0 Å². The molecule has 0 radical (unpaired) electrons. The molecule has 6 heteroatoms. The summed E-state index contributed by atoms with van der Waals surface area (Å²) < 4.78 is 10.3. The lowest BCUT2D eigenvalue weighted by Gasteiger charge is -2.07. The van der Waals surface area contributed by atoms with Gasteiger partial charge in [-0.15, -0.1) is 0 Å². The molecule has 1 heterocycles. The Morgan fingerprint density at radius 1 is 1.30 bits per heavy atom. The zero-order valence-corrected chi connectivity index (χ0v) is 11.6. The number of hydrogen-bond donors (Lipinski definition) is 2. The van der Waals surface area contributed by atoms with Gasteiger partial charge in [0, 0.05) is 13.5 Å². The van der Waals surface area contributed by atoms with Crippen molar-refractivity contribution in [2.24, 2.45) is 5.73 Å². The summed E-state index contributed by atoms with van der Waals surface area (Å²) in [5.74, 6) is 1.24. The van der Waals surface area contributed by atoms with Crippen molar-refractivity contribution in [3.8, 4) is 5.75 Å². The summed E-state index contributed by atoms with van der Waals surface area (Å²) in [4.78, 5) is 4.28. The van der Waals surface area contributed by atoms with E-state index < -0.39 is 0 Å². The molecule has 0 aliphatic rings. The molecule has 1 aromatic carbocycles. The van der Waals surface area contributed by atoms with Gasteiger partial charge in [0.2, 0.25) is 5.89 Å². The van der Waals surface area contributed by atoms with E-state index in [2.05, 4.69) is 10.1 Å². The number of ether oxygens (including phenoxy) is 1. The van der Waals surface area contributed by atoms with Crippen LogP contribution in [-0.2, 0) is 17.6 Å². The van der Waals surface area contributed by atoms with E-state index in [4.69, 9.17) is 15.0 Å². The second kappa shape index (κ2) is 6.49. The molecule has 20 heavy (non-hydrogen) atoms. The van der Waals surface area contributed by atoms with Crippen molar-refractivity contribution >= 4 is 0 Å². The van der Waals surface area contributed by atoms with Crippen molar-refractivity contribution in [2.45, 2.75) is 31.9 Å². The number of rotatable bonds is 6. The number of phenols is 1. The SMILES string of the molecule is COC(C)Cc1noc(C(N)Cc2ccc(O)cc2)n1. The van der Waals surface area contributed by atoms with Crippen LogP contribution in [0, 0.1) is 0 Å². The van der Waals surface area contributed by atoms with Gasteiger partial charge in [0.05, 0.1) is 12.1 Å². The number of methoxy groups -OCH3 is 1. The van der Waals surface area contributed by atoms with Gasteiger partial charge in [-0.3, -0.25) is 0 Å². The maximum absolute atomic E-state index is 9.23. The first-order chi connectivity index (χ1) is 9.58. The molecular formula is C14H19N3O3. The first-order valence-corrected chi connectivity index (χ1v) is 6.47. The molecule has 108 valence electrons. The summed E-state index contributed by atoms with van der Waals surface area (Å²) in [6, 6.07) is 6.53. The third-order valence-corrected chi connectivity index (χ3v) is 3.07. The Bertz CT molecular complexity index is 539. The lowest BCUT2D eigenvalue weighted by Crippen LogP contribution is -2.14. The predicted molar refractivity (Wildman–Crippen MR) is 73.2 cm³/mol. The molecule has 0 amide bonds. The lowest BCUT2D eigenvalue weighted by molar-refractivity contribution is 0.116. The number of phenolic OH excluding ortho intramolecular Hbond substituents is 1. The van der Waals surface area contributed by atoms with Crippen LogP contribution in [0.4, 0.5) is 0 Å². The van der Waals surface area contributed by atoms with Crippen LogP contribution in [0.2, 0.25) is 0 Å². The summed E-state index contributed by atoms with van der Waals surface area (Å²) in [5, 5.41) is 13.1. The largest absolute Gasteiger partial charge is 0.508 e. The highest BCUT2D eigenvalue weighted by Crippen LogP contribution is 2.17. The fourth-order valence-electron chi connectivity index (χ4n) is 1.81. The Labute approximate surface area is 117 Å². The molecular weight excluding hydrogens is 258 g/mol. The van der Waals surface area contributed by atoms with Crippen LogP contribution in [0.1, 0.15) is 30.2 Å². The highest BCUT2D eigenvalue weighted by Gasteiger charge is 2.16. The van der Waals surface area contributed by atoms with E-state index in [1.807, 2.05) is 19.1 Å². The normalized spacial score (nSPS) is 14.2. The van der Waals surface area contributed by atoms with Crippen molar-refractivity contribution in [3.63, 3.8) is 0 Å². The number of hydrogen-bond acceptors (Lipinski definition) is 6. The molecule has 2 aromatic rings. The third-order valence-electron chi connectivity index (χ3n) is 3.07. The molecule has 0 fully saturated rings. The number of nitrogens with two attached hydrogens (primary N) is 1. The van der Waals surface area contributed by atoms with Crippen LogP contribution in [0.5, 0.6) is 5.75 Å². The van der Waals surface area contributed by atoms with Crippen molar-refractivity contribution in [1.29, 1.82) is 0 Å². The van der Waals surface area contributed by atoms with E-state index in [-0.39, 0.29) is 17.9 Å². The highest BCUT2D eigenvalue weighted by atomic mass is 16.5. The summed E-state index contributed by atoms with van der Waals surface area (Å²) in [5.41, 5.74) is 7.05. The maximum atomic E-state index is 9.23. The molecule has 3 N–H and O–H groups in total. The predicted octanol–water partition coefficient (Wildman–Crippen LogP) is 1.60. The van der Waals surface area contributed by atoms with Gasteiger partial charge < -0.3 is 20.1 Å². The molecule has 0 saturated heterocycles. The van der Waals surface area contributed by atoms with E-state index in [0.717, 1.165) is 5.56 Å². The molecule has 0 saturated carbocycles. The Morgan fingerprint density at radius 3 is 2.65 bits per heavy atom. The fourth-order valence-corrected chi connectivity index (χ4v) is 1.81. The van der Waals surface area contributed by atoms with Crippen LogP contribution in [-0.4, -0.2) is 28.5 Å². The third kappa shape index (κ3) is 3.79. The second-order valence-electron chi connectivity index (χ2n) is 4.78.